The molecule has 5 rings (SSSR count). The van der Waals surface area contributed by atoms with Crippen LogP contribution in [0.2, 0.25) is 5.02 Å². The number of H-pyrrole nitrogens is 1. The van der Waals surface area contributed by atoms with Gasteiger partial charge in [0.25, 0.3) is 0 Å². The monoisotopic (exact) mass is 489 g/mol. The highest BCUT2D eigenvalue weighted by molar-refractivity contribution is 6.44. The normalized spacial score (nSPS) is 18.9. The van der Waals surface area contributed by atoms with E-state index in [0.29, 0.717) is 16.5 Å². The van der Waals surface area contributed by atoms with Gasteiger partial charge >= 0.3 is 0 Å². The third-order valence-corrected chi connectivity index (χ3v) is 7.59. The lowest BCUT2D eigenvalue weighted by Gasteiger charge is -2.26. The van der Waals surface area contributed by atoms with Crippen LogP contribution >= 0.6 is 11.6 Å². The van der Waals surface area contributed by atoms with E-state index in [0.717, 1.165) is 46.6 Å². The van der Waals surface area contributed by atoms with E-state index in [-0.39, 0.29) is 22.6 Å². The molecule has 0 bridgehead atoms. The Morgan fingerprint density at radius 3 is 2.57 bits per heavy atom. The zero-order valence-electron chi connectivity index (χ0n) is 20.7. The van der Waals surface area contributed by atoms with Crippen LogP contribution in [0.5, 0.6) is 5.75 Å². The zero-order valence-corrected chi connectivity index (χ0v) is 21.5. The van der Waals surface area contributed by atoms with Gasteiger partial charge in [0.05, 0.1) is 18.1 Å². The molecule has 35 heavy (non-hydrogen) atoms. The molecule has 5 nitrogen and oxygen atoms in total. The van der Waals surface area contributed by atoms with Gasteiger partial charge in [0.2, 0.25) is 5.69 Å². The molecule has 3 aromatic rings. The number of methoxy groups -OCH3 is 1. The minimum absolute atomic E-state index is 0.142. The maximum absolute atomic E-state index is 13.4. The number of ketones is 2. The average Bonchev–Trinajstić information content (AvgIpc) is 3.31. The Bertz CT molecular complexity index is 1420. The van der Waals surface area contributed by atoms with E-state index in [1.165, 1.54) is 0 Å². The van der Waals surface area contributed by atoms with E-state index in [9.17, 15) is 9.59 Å². The highest BCUT2D eigenvalue weighted by Crippen LogP contribution is 2.44. The van der Waals surface area contributed by atoms with Crippen LogP contribution in [0.15, 0.2) is 54.2 Å². The van der Waals surface area contributed by atoms with Gasteiger partial charge in [-0.25, -0.2) is 0 Å². The number of ether oxygens (including phenoxy) is 1. The lowest BCUT2D eigenvalue weighted by molar-refractivity contribution is -0.439. The average molecular weight is 490 g/mol. The molecule has 1 N–H and O–H groups in total. The summed E-state index contributed by atoms with van der Waals surface area (Å²) in [5.74, 6) is 0.251. The molecule has 2 heterocycles. The largest absolute Gasteiger partial charge is 0.497 e. The van der Waals surface area contributed by atoms with Gasteiger partial charge in [0, 0.05) is 46.2 Å². The number of allylic oxidation sites excluding steroid dienone is 2. The Hall–Kier alpha value is -3.18. The summed E-state index contributed by atoms with van der Waals surface area (Å²) in [5.41, 5.74) is 4.64. The van der Waals surface area contributed by atoms with Gasteiger partial charge in [-0.05, 0) is 55.7 Å². The summed E-state index contributed by atoms with van der Waals surface area (Å²) in [6, 6.07) is 11.6. The van der Waals surface area contributed by atoms with Crippen molar-refractivity contribution in [2.75, 3.05) is 13.7 Å². The number of carbonyl (C=O) groups is 2. The summed E-state index contributed by atoms with van der Waals surface area (Å²) >= 11 is 6.18. The Balaban J connectivity index is 1.56. The van der Waals surface area contributed by atoms with Crippen molar-refractivity contribution in [3.63, 3.8) is 0 Å². The molecule has 0 amide bonds. The number of nitrogens with one attached hydrogen (secondary N) is 1. The van der Waals surface area contributed by atoms with E-state index >= 15 is 0 Å². The first kappa shape index (κ1) is 23.6. The van der Waals surface area contributed by atoms with E-state index in [4.69, 9.17) is 16.3 Å². The standard InChI is InChI=1S/C29H29ClN2O3/c1-16(2)10-11-32-24-9-7-18(35-5)13-22(24)29(3,4)25(32)14-20-27(33)26(28(20)34)21-15-31-23-8-6-17(30)12-19(21)23/h6-9,12-16,26H,10-11H2,1-5H3/p+1. The van der Waals surface area contributed by atoms with Crippen LogP contribution in [0.4, 0.5) is 5.69 Å². The van der Waals surface area contributed by atoms with Gasteiger partial charge < -0.3 is 9.72 Å². The van der Waals surface area contributed by atoms with Crippen molar-refractivity contribution in [1.82, 2.24) is 4.98 Å². The molecule has 1 aliphatic heterocycles. The number of aromatic nitrogens is 1. The van der Waals surface area contributed by atoms with Gasteiger partial charge in [-0.1, -0.05) is 25.4 Å². The second-order valence-electron chi connectivity index (χ2n) is 10.4. The van der Waals surface area contributed by atoms with E-state index in [1.54, 1.807) is 25.4 Å². The minimum atomic E-state index is -0.787. The van der Waals surface area contributed by atoms with Crippen LogP contribution in [0.25, 0.3) is 10.9 Å². The molecule has 0 unspecified atom stereocenters. The molecule has 1 aliphatic carbocycles. The Labute approximate surface area is 210 Å². The third kappa shape index (κ3) is 3.73. The number of hydrogen-bond acceptors (Lipinski definition) is 3. The Morgan fingerprint density at radius 2 is 1.89 bits per heavy atom. The fourth-order valence-corrected chi connectivity index (χ4v) is 5.43. The first-order valence-electron chi connectivity index (χ1n) is 12.0. The fourth-order valence-electron chi connectivity index (χ4n) is 5.26. The number of carbonyl (C=O) groups excluding carboxylic acids is 2. The summed E-state index contributed by atoms with van der Waals surface area (Å²) in [5, 5.41) is 1.39. The molecule has 0 radical (unpaired) electrons. The van der Waals surface area contributed by atoms with Crippen LogP contribution < -0.4 is 4.74 Å². The highest BCUT2D eigenvalue weighted by atomic mass is 35.5. The number of nitrogens with zero attached hydrogens (tertiary/aromatic N) is 1. The molecular weight excluding hydrogens is 460 g/mol. The predicted molar refractivity (Wildman–Crippen MR) is 139 cm³/mol. The maximum atomic E-state index is 13.4. The number of benzene rings is 2. The number of aromatic amines is 1. The molecule has 1 saturated carbocycles. The summed E-state index contributed by atoms with van der Waals surface area (Å²) < 4.78 is 7.75. The fraction of sp³-hybridized carbons (Fsp3) is 0.345. The van der Waals surface area contributed by atoms with Gasteiger partial charge in [-0.2, -0.15) is 4.58 Å². The lowest BCUT2D eigenvalue weighted by Crippen LogP contribution is -2.40. The smallest absolute Gasteiger partial charge is 0.210 e. The first-order valence-corrected chi connectivity index (χ1v) is 12.4. The molecular formula is C29H30ClN2O3+. The number of rotatable bonds is 6. The van der Waals surface area contributed by atoms with Crippen LogP contribution in [-0.4, -0.2) is 40.5 Å². The quantitative estimate of drug-likeness (QED) is 0.196. The molecule has 180 valence electrons. The van der Waals surface area contributed by atoms with Crippen LogP contribution in [0.1, 0.15) is 51.2 Å². The summed E-state index contributed by atoms with van der Waals surface area (Å²) in [7, 11) is 1.66. The van der Waals surface area contributed by atoms with Crippen molar-refractivity contribution >= 4 is 45.5 Å². The van der Waals surface area contributed by atoms with Gasteiger partial charge in [-0.15, -0.1) is 0 Å². The number of fused-ring (bicyclic) bond motifs is 2. The van der Waals surface area contributed by atoms with Crippen molar-refractivity contribution < 1.29 is 18.9 Å². The third-order valence-electron chi connectivity index (χ3n) is 7.35. The van der Waals surface area contributed by atoms with E-state index < -0.39 is 5.92 Å². The minimum Gasteiger partial charge on any atom is -0.497 e. The van der Waals surface area contributed by atoms with E-state index in [1.807, 2.05) is 18.2 Å². The van der Waals surface area contributed by atoms with Crippen molar-refractivity contribution in [1.29, 1.82) is 0 Å². The van der Waals surface area contributed by atoms with E-state index in [2.05, 4.69) is 49.4 Å². The molecule has 0 spiro atoms. The molecule has 0 atom stereocenters. The van der Waals surface area contributed by atoms with Crippen molar-refractivity contribution in [3.8, 4) is 5.75 Å². The first-order chi connectivity index (χ1) is 16.6. The molecule has 1 fully saturated rings. The predicted octanol–water partition coefficient (Wildman–Crippen LogP) is 6.11. The molecule has 1 aromatic heterocycles. The molecule has 2 aliphatic rings. The van der Waals surface area contributed by atoms with Crippen molar-refractivity contribution in [3.05, 3.63) is 70.4 Å². The second-order valence-corrected chi connectivity index (χ2v) is 10.8. The zero-order chi connectivity index (χ0) is 25.1. The van der Waals surface area contributed by atoms with Crippen molar-refractivity contribution in [2.45, 2.75) is 45.4 Å². The number of hydrogen-bond donors (Lipinski definition) is 1. The highest BCUT2D eigenvalue weighted by Gasteiger charge is 2.50. The topological polar surface area (TPSA) is 62.2 Å². The summed E-state index contributed by atoms with van der Waals surface area (Å²) in [6.07, 6.45) is 4.58. The SMILES string of the molecule is COc1ccc2c(c1)C(C)(C)C(C=C1C(=O)C(c3c[nH]c4ccc(Cl)cc34)C1=O)=[N+]2CCC(C)C. The molecule has 0 saturated heterocycles. The summed E-state index contributed by atoms with van der Waals surface area (Å²) in [6.45, 7) is 9.49. The van der Waals surface area contributed by atoms with Crippen molar-refractivity contribution in [2.24, 2.45) is 5.92 Å². The summed E-state index contributed by atoms with van der Waals surface area (Å²) in [4.78, 5) is 29.9. The Morgan fingerprint density at radius 1 is 1.14 bits per heavy atom. The maximum Gasteiger partial charge on any atom is 0.210 e. The number of halogens is 1. The molecule has 6 heteroatoms. The second kappa shape index (κ2) is 8.49. The molecule has 2 aromatic carbocycles. The van der Waals surface area contributed by atoms with Crippen LogP contribution in [-0.2, 0) is 15.0 Å². The lowest BCUT2D eigenvalue weighted by atomic mass is 9.71. The van der Waals surface area contributed by atoms with Crippen LogP contribution in [0.3, 0.4) is 0 Å². The van der Waals surface area contributed by atoms with Crippen LogP contribution in [0, 0.1) is 5.92 Å². The number of Topliss-reactive ketones (excluding diaryl/α,β-unsaturated/α-hetero) is 2. The van der Waals surface area contributed by atoms with Gasteiger partial charge in [0.15, 0.2) is 17.3 Å². The van der Waals surface area contributed by atoms with Gasteiger partial charge in [0.1, 0.15) is 18.2 Å². The van der Waals surface area contributed by atoms with Gasteiger partial charge in [-0.3, -0.25) is 9.59 Å². The Kier molecular flexibility index (Phi) is 5.71.